The van der Waals surface area contributed by atoms with Crippen molar-refractivity contribution in [2.45, 2.75) is 137 Å². The van der Waals surface area contributed by atoms with Crippen molar-refractivity contribution in [1.29, 1.82) is 0 Å². The molecule has 0 rings (SSSR count). The van der Waals surface area contributed by atoms with Crippen LogP contribution in [0.25, 0.3) is 0 Å². The summed E-state index contributed by atoms with van der Waals surface area (Å²) in [6.45, 7) is 12.6. The molecule has 0 aliphatic rings. The molecular formula is C30H61N5O3. The molecule has 224 valence electrons. The predicted molar refractivity (Wildman–Crippen MR) is 159 cm³/mol. The molecule has 8 nitrogen and oxygen atoms in total. The second kappa shape index (κ2) is 23.2. The highest BCUT2D eigenvalue weighted by molar-refractivity contribution is 5.81. The van der Waals surface area contributed by atoms with Gasteiger partial charge in [-0.15, -0.1) is 0 Å². The Balaban J connectivity index is 4.51. The summed E-state index contributed by atoms with van der Waals surface area (Å²) >= 11 is 0. The molecule has 0 heterocycles. The van der Waals surface area contributed by atoms with E-state index >= 15 is 0 Å². The van der Waals surface area contributed by atoms with Gasteiger partial charge in [0.05, 0.1) is 12.1 Å². The Morgan fingerprint density at radius 3 is 1.42 bits per heavy atom. The highest BCUT2D eigenvalue weighted by atomic mass is 16.2. The van der Waals surface area contributed by atoms with Crippen molar-refractivity contribution < 1.29 is 14.4 Å². The summed E-state index contributed by atoms with van der Waals surface area (Å²) in [6, 6.07) is -0.991. The number of unbranched alkanes of at least 4 members (excludes halogenated alkanes) is 8. The van der Waals surface area contributed by atoms with Crippen molar-refractivity contribution in [3.05, 3.63) is 0 Å². The van der Waals surface area contributed by atoms with Crippen LogP contribution < -0.4 is 22.1 Å². The van der Waals surface area contributed by atoms with E-state index in [9.17, 15) is 14.4 Å². The largest absolute Gasteiger partial charge is 0.355 e. The minimum absolute atomic E-state index is 0.133. The minimum Gasteiger partial charge on any atom is -0.355 e. The van der Waals surface area contributed by atoms with Crippen LogP contribution in [0.5, 0.6) is 0 Å². The van der Waals surface area contributed by atoms with E-state index in [1.165, 1.54) is 44.9 Å². The summed E-state index contributed by atoms with van der Waals surface area (Å²) in [7, 11) is 0. The molecule has 0 aliphatic heterocycles. The lowest BCUT2D eigenvalue weighted by molar-refractivity contribution is -0.131. The minimum atomic E-state index is -0.495. The van der Waals surface area contributed by atoms with Gasteiger partial charge in [0.15, 0.2) is 0 Å². The van der Waals surface area contributed by atoms with Gasteiger partial charge in [-0.2, -0.15) is 0 Å². The summed E-state index contributed by atoms with van der Waals surface area (Å²) in [5.41, 5.74) is 11.9. The molecule has 0 aromatic carbocycles. The number of hydrogen-bond donors (Lipinski definition) is 4. The number of nitrogens with zero attached hydrogens (tertiary/aromatic N) is 1. The van der Waals surface area contributed by atoms with Crippen LogP contribution in [-0.4, -0.2) is 60.9 Å². The monoisotopic (exact) mass is 539 g/mol. The van der Waals surface area contributed by atoms with Gasteiger partial charge in [-0.3, -0.25) is 14.4 Å². The maximum absolute atomic E-state index is 13.0. The molecule has 0 fully saturated rings. The van der Waals surface area contributed by atoms with Crippen molar-refractivity contribution >= 4 is 17.7 Å². The fourth-order valence-electron chi connectivity index (χ4n) is 4.56. The van der Waals surface area contributed by atoms with Gasteiger partial charge in [-0.05, 0) is 43.9 Å². The zero-order valence-corrected chi connectivity index (χ0v) is 25.4. The van der Waals surface area contributed by atoms with E-state index < -0.39 is 12.1 Å². The summed E-state index contributed by atoms with van der Waals surface area (Å²) < 4.78 is 0. The third kappa shape index (κ3) is 20.3. The molecule has 0 spiro atoms. The molecule has 0 radical (unpaired) electrons. The van der Waals surface area contributed by atoms with E-state index in [-0.39, 0.29) is 17.7 Å². The standard InChI is InChI=1S/C30H61N5O3/c1-6-7-8-9-10-11-12-13-14-17-28(36)35(20-15-18-33-29(37)26(31)22-24(2)3)21-16-19-34-30(38)27(32)23-25(4)5/h24-27H,6-23,31-32H2,1-5H3,(H,33,37)(H,34,38)/t26-,27-/m0/s1. The zero-order valence-electron chi connectivity index (χ0n) is 25.4. The van der Waals surface area contributed by atoms with Crippen molar-refractivity contribution in [2.75, 3.05) is 26.2 Å². The highest BCUT2D eigenvalue weighted by Gasteiger charge is 2.17. The van der Waals surface area contributed by atoms with Crippen LogP contribution in [0, 0.1) is 11.8 Å². The number of amides is 3. The van der Waals surface area contributed by atoms with Gasteiger partial charge in [0.2, 0.25) is 17.7 Å². The number of carbonyl (C=O) groups excluding carboxylic acids is 3. The van der Waals surface area contributed by atoms with Gasteiger partial charge >= 0.3 is 0 Å². The lowest BCUT2D eigenvalue weighted by Gasteiger charge is -2.24. The maximum Gasteiger partial charge on any atom is 0.236 e. The van der Waals surface area contributed by atoms with Crippen LogP contribution >= 0.6 is 0 Å². The number of hydrogen-bond acceptors (Lipinski definition) is 5. The van der Waals surface area contributed by atoms with Crippen molar-refractivity contribution in [2.24, 2.45) is 23.3 Å². The molecule has 0 aliphatic carbocycles. The fourth-order valence-corrected chi connectivity index (χ4v) is 4.56. The molecular weight excluding hydrogens is 478 g/mol. The molecule has 0 saturated carbocycles. The first-order valence-electron chi connectivity index (χ1n) is 15.4. The topological polar surface area (TPSA) is 131 Å². The van der Waals surface area contributed by atoms with E-state index in [1.54, 1.807) is 0 Å². The Bertz CT molecular complexity index is 591. The summed E-state index contributed by atoms with van der Waals surface area (Å²) in [5.74, 6) is 0.618. The molecule has 0 saturated heterocycles. The van der Waals surface area contributed by atoms with Crippen LogP contribution in [0.1, 0.15) is 125 Å². The van der Waals surface area contributed by atoms with Crippen molar-refractivity contribution in [1.82, 2.24) is 15.5 Å². The van der Waals surface area contributed by atoms with Gasteiger partial charge in [0.25, 0.3) is 0 Å². The van der Waals surface area contributed by atoms with E-state index in [2.05, 4.69) is 17.6 Å². The van der Waals surface area contributed by atoms with Gasteiger partial charge in [0, 0.05) is 32.6 Å². The number of nitrogens with one attached hydrogen (secondary N) is 2. The number of rotatable bonds is 24. The van der Waals surface area contributed by atoms with E-state index in [0.717, 1.165) is 12.8 Å². The summed E-state index contributed by atoms with van der Waals surface area (Å²) in [6.07, 6.45) is 14.2. The third-order valence-corrected chi connectivity index (χ3v) is 6.78. The Morgan fingerprint density at radius 1 is 0.632 bits per heavy atom. The fraction of sp³-hybridized carbons (Fsp3) is 0.900. The van der Waals surface area contributed by atoms with Crippen LogP contribution in [0.2, 0.25) is 0 Å². The number of carbonyl (C=O) groups is 3. The quantitative estimate of drug-likeness (QED) is 0.134. The van der Waals surface area contributed by atoms with E-state index in [1.807, 2.05) is 32.6 Å². The third-order valence-electron chi connectivity index (χ3n) is 6.78. The molecule has 6 N–H and O–H groups in total. The normalized spacial score (nSPS) is 13.0. The van der Waals surface area contributed by atoms with E-state index in [4.69, 9.17) is 11.5 Å². The SMILES string of the molecule is CCCCCCCCCCCC(=O)N(CCCNC(=O)[C@@H](N)CC(C)C)CCCNC(=O)[C@@H](N)CC(C)C. The summed E-state index contributed by atoms with van der Waals surface area (Å²) in [5, 5.41) is 5.81. The predicted octanol–water partition coefficient (Wildman–Crippen LogP) is 4.50. The zero-order chi connectivity index (χ0) is 28.8. The molecule has 0 aromatic rings. The second-order valence-corrected chi connectivity index (χ2v) is 11.7. The lowest BCUT2D eigenvalue weighted by atomic mass is 10.0. The lowest BCUT2D eigenvalue weighted by Crippen LogP contribution is -2.43. The van der Waals surface area contributed by atoms with Crippen molar-refractivity contribution in [3.8, 4) is 0 Å². The Labute approximate surface area is 233 Å². The molecule has 0 aromatic heterocycles. The Morgan fingerprint density at radius 2 is 1.03 bits per heavy atom. The van der Waals surface area contributed by atoms with Crippen LogP contribution in [0.15, 0.2) is 0 Å². The first-order chi connectivity index (χ1) is 18.1. The average molecular weight is 540 g/mol. The molecule has 0 unspecified atom stereocenters. The van der Waals surface area contributed by atoms with E-state index in [0.29, 0.717) is 70.1 Å². The summed E-state index contributed by atoms with van der Waals surface area (Å²) in [4.78, 5) is 39.2. The smallest absolute Gasteiger partial charge is 0.236 e. The maximum atomic E-state index is 13.0. The Kier molecular flexibility index (Phi) is 22.2. The Hall–Kier alpha value is -1.67. The van der Waals surface area contributed by atoms with Crippen LogP contribution in [0.4, 0.5) is 0 Å². The van der Waals surface area contributed by atoms with Crippen LogP contribution in [-0.2, 0) is 14.4 Å². The first-order valence-corrected chi connectivity index (χ1v) is 15.4. The highest BCUT2D eigenvalue weighted by Crippen LogP contribution is 2.12. The molecule has 38 heavy (non-hydrogen) atoms. The van der Waals surface area contributed by atoms with Crippen LogP contribution in [0.3, 0.4) is 0 Å². The average Bonchev–Trinajstić information content (AvgIpc) is 2.85. The molecule has 0 bridgehead atoms. The van der Waals surface area contributed by atoms with Gasteiger partial charge < -0.3 is 27.0 Å². The van der Waals surface area contributed by atoms with Crippen molar-refractivity contribution in [3.63, 3.8) is 0 Å². The van der Waals surface area contributed by atoms with Gasteiger partial charge in [-0.1, -0.05) is 86.0 Å². The molecule has 2 atom stereocenters. The van der Waals surface area contributed by atoms with Gasteiger partial charge in [-0.25, -0.2) is 0 Å². The first kappa shape index (κ1) is 36.3. The van der Waals surface area contributed by atoms with Gasteiger partial charge in [0.1, 0.15) is 0 Å². The second-order valence-electron chi connectivity index (χ2n) is 11.7. The molecule has 3 amide bonds. The molecule has 8 heteroatoms. The number of nitrogens with two attached hydrogens (primary N) is 2.